The molecule has 1 aliphatic rings. The number of fused-ring (bicyclic) bond motifs is 1. The highest BCUT2D eigenvalue weighted by Gasteiger charge is 2.26. The molecule has 0 saturated heterocycles. The number of rotatable bonds is 8. The quantitative estimate of drug-likeness (QED) is 0.750. The predicted molar refractivity (Wildman–Crippen MR) is 86.4 cm³/mol. The molecule has 0 saturated carbocycles. The molecule has 1 aromatic carbocycles. The first-order valence-corrected chi connectivity index (χ1v) is 8.59. The van der Waals surface area contributed by atoms with Crippen LogP contribution in [0, 0.1) is 0 Å². The summed E-state index contributed by atoms with van der Waals surface area (Å²) in [6, 6.07) is 7.64. The first-order valence-electron chi connectivity index (χ1n) is 7.44. The molecule has 0 spiro atoms. The fraction of sp³-hybridized carbons (Fsp3) is 0.500. The summed E-state index contributed by atoms with van der Waals surface area (Å²) >= 11 is 1.85. The molecule has 4 nitrogen and oxygen atoms in total. The Labute approximate surface area is 130 Å². The van der Waals surface area contributed by atoms with Gasteiger partial charge in [-0.05, 0) is 23.8 Å². The van der Waals surface area contributed by atoms with Gasteiger partial charge in [-0.15, -0.1) is 0 Å². The van der Waals surface area contributed by atoms with Crippen molar-refractivity contribution in [2.45, 2.75) is 26.3 Å². The highest BCUT2D eigenvalue weighted by atomic mass is 32.2. The second-order valence-electron chi connectivity index (χ2n) is 5.10. The summed E-state index contributed by atoms with van der Waals surface area (Å²) in [5.74, 6) is 2.15. The molecule has 2 rings (SSSR count). The van der Waals surface area contributed by atoms with Crippen LogP contribution in [0.15, 0.2) is 24.3 Å². The van der Waals surface area contributed by atoms with Gasteiger partial charge < -0.3 is 10.2 Å². The van der Waals surface area contributed by atoms with Crippen LogP contribution < -0.4 is 5.32 Å². The molecule has 1 heterocycles. The van der Waals surface area contributed by atoms with Gasteiger partial charge in [0.2, 0.25) is 5.91 Å². The van der Waals surface area contributed by atoms with Crippen LogP contribution in [0.3, 0.4) is 0 Å². The van der Waals surface area contributed by atoms with Gasteiger partial charge in [0.1, 0.15) is 0 Å². The summed E-state index contributed by atoms with van der Waals surface area (Å²) in [5, 5.41) is 2.90. The summed E-state index contributed by atoms with van der Waals surface area (Å²) in [6.07, 6.45) is 1.54. The van der Waals surface area contributed by atoms with Gasteiger partial charge in [-0.25, -0.2) is 0 Å². The van der Waals surface area contributed by atoms with E-state index in [9.17, 15) is 9.59 Å². The average molecular weight is 306 g/mol. The molecule has 0 unspecified atom stereocenters. The molecule has 5 heteroatoms. The minimum Gasteiger partial charge on any atom is -0.355 e. The van der Waals surface area contributed by atoms with Crippen LogP contribution >= 0.6 is 11.8 Å². The molecule has 0 aromatic heterocycles. The standard InChI is InChI=1S/C16H22N2O2S/c1-2-10-21-11-8-17-15(19)7-9-18-12-13-5-3-4-6-14(13)16(18)20/h3-6H,2,7-12H2,1H3,(H,17,19). The largest absolute Gasteiger partial charge is 0.355 e. The maximum atomic E-state index is 12.1. The Morgan fingerprint density at radius 2 is 2.14 bits per heavy atom. The summed E-state index contributed by atoms with van der Waals surface area (Å²) < 4.78 is 0. The molecule has 0 atom stereocenters. The lowest BCUT2D eigenvalue weighted by atomic mass is 10.1. The van der Waals surface area contributed by atoms with E-state index in [-0.39, 0.29) is 11.8 Å². The number of hydrogen-bond donors (Lipinski definition) is 1. The Morgan fingerprint density at radius 1 is 1.33 bits per heavy atom. The maximum Gasteiger partial charge on any atom is 0.254 e. The molecule has 1 N–H and O–H groups in total. The Bertz CT molecular complexity index is 505. The zero-order chi connectivity index (χ0) is 15.1. The number of benzene rings is 1. The van der Waals surface area contributed by atoms with E-state index in [0.717, 1.165) is 29.1 Å². The van der Waals surface area contributed by atoms with Crippen molar-refractivity contribution in [3.8, 4) is 0 Å². The maximum absolute atomic E-state index is 12.1. The van der Waals surface area contributed by atoms with E-state index in [1.807, 2.05) is 36.0 Å². The van der Waals surface area contributed by atoms with Crippen LogP contribution in [0.25, 0.3) is 0 Å². The minimum atomic E-state index is 0.0239. The zero-order valence-corrected chi connectivity index (χ0v) is 13.2. The van der Waals surface area contributed by atoms with Crippen LogP contribution in [0.1, 0.15) is 35.7 Å². The molecular weight excluding hydrogens is 284 g/mol. The molecule has 1 aromatic rings. The first kappa shape index (κ1) is 15.9. The van der Waals surface area contributed by atoms with Crippen LogP contribution in [0.4, 0.5) is 0 Å². The van der Waals surface area contributed by atoms with Crippen LogP contribution in [0.2, 0.25) is 0 Å². The van der Waals surface area contributed by atoms with E-state index in [4.69, 9.17) is 0 Å². The Hall–Kier alpha value is -1.49. The van der Waals surface area contributed by atoms with Gasteiger partial charge in [-0.3, -0.25) is 9.59 Å². The molecule has 114 valence electrons. The SMILES string of the molecule is CCCSCCNC(=O)CCN1Cc2ccccc2C1=O. The van der Waals surface area contributed by atoms with Gasteiger partial charge in [-0.2, -0.15) is 11.8 Å². The van der Waals surface area contributed by atoms with E-state index >= 15 is 0 Å². The van der Waals surface area contributed by atoms with Crippen molar-refractivity contribution in [2.24, 2.45) is 0 Å². The smallest absolute Gasteiger partial charge is 0.254 e. The average Bonchev–Trinajstić information content (AvgIpc) is 2.82. The third-order valence-electron chi connectivity index (χ3n) is 3.42. The molecule has 0 fully saturated rings. The van der Waals surface area contributed by atoms with Crippen molar-refractivity contribution >= 4 is 23.6 Å². The van der Waals surface area contributed by atoms with Crippen molar-refractivity contribution < 1.29 is 9.59 Å². The van der Waals surface area contributed by atoms with Crippen molar-refractivity contribution in [1.29, 1.82) is 0 Å². The van der Waals surface area contributed by atoms with Crippen LogP contribution in [-0.4, -0.2) is 41.3 Å². The lowest BCUT2D eigenvalue weighted by Crippen LogP contribution is -2.32. The summed E-state index contributed by atoms with van der Waals surface area (Å²) in [5.41, 5.74) is 1.83. The number of nitrogens with zero attached hydrogens (tertiary/aromatic N) is 1. The number of hydrogen-bond acceptors (Lipinski definition) is 3. The van der Waals surface area contributed by atoms with Crippen LogP contribution in [-0.2, 0) is 11.3 Å². The number of thioether (sulfide) groups is 1. The number of nitrogens with one attached hydrogen (secondary N) is 1. The van der Waals surface area contributed by atoms with Gasteiger partial charge >= 0.3 is 0 Å². The highest BCUT2D eigenvalue weighted by Crippen LogP contribution is 2.22. The van der Waals surface area contributed by atoms with Gasteiger partial charge in [0.25, 0.3) is 5.91 Å². The molecule has 0 radical (unpaired) electrons. The van der Waals surface area contributed by atoms with E-state index in [1.165, 1.54) is 0 Å². The zero-order valence-electron chi connectivity index (χ0n) is 12.4. The Balaban J connectivity index is 1.68. The molecule has 2 amide bonds. The number of amides is 2. The summed E-state index contributed by atoms with van der Waals surface area (Å²) in [4.78, 5) is 25.6. The topological polar surface area (TPSA) is 49.4 Å². The number of carbonyl (C=O) groups excluding carboxylic acids is 2. The third-order valence-corrected chi connectivity index (χ3v) is 4.61. The van der Waals surface area contributed by atoms with Crippen molar-refractivity contribution in [1.82, 2.24) is 10.2 Å². The van der Waals surface area contributed by atoms with Crippen molar-refractivity contribution in [2.75, 3.05) is 24.6 Å². The molecule has 0 bridgehead atoms. The molecule has 1 aliphatic heterocycles. The molecule has 0 aliphatic carbocycles. The normalized spacial score (nSPS) is 13.4. The van der Waals surface area contributed by atoms with Gasteiger partial charge in [-0.1, -0.05) is 25.1 Å². The predicted octanol–water partition coefficient (Wildman–Crippen LogP) is 2.29. The van der Waals surface area contributed by atoms with E-state index in [0.29, 0.717) is 26.1 Å². The van der Waals surface area contributed by atoms with E-state index in [1.54, 1.807) is 4.90 Å². The minimum absolute atomic E-state index is 0.0239. The van der Waals surface area contributed by atoms with Crippen LogP contribution in [0.5, 0.6) is 0 Å². The monoisotopic (exact) mass is 306 g/mol. The molecule has 21 heavy (non-hydrogen) atoms. The summed E-state index contributed by atoms with van der Waals surface area (Å²) in [7, 11) is 0. The van der Waals surface area contributed by atoms with Gasteiger partial charge in [0.05, 0.1) is 0 Å². The third kappa shape index (κ3) is 4.49. The van der Waals surface area contributed by atoms with Gasteiger partial charge in [0.15, 0.2) is 0 Å². The van der Waals surface area contributed by atoms with E-state index in [2.05, 4.69) is 12.2 Å². The van der Waals surface area contributed by atoms with E-state index < -0.39 is 0 Å². The highest BCUT2D eigenvalue weighted by molar-refractivity contribution is 7.99. The second-order valence-corrected chi connectivity index (χ2v) is 6.32. The van der Waals surface area contributed by atoms with Gasteiger partial charge in [0, 0.05) is 37.4 Å². The number of carbonyl (C=O) groups is 2. The Kier molecular flexibility index (Phi) is 6.11. The van der Waals surface area contributed by atoms with Crippen molar-refractivity contribution in [3.05, 3.63) is 35.4 Å². The second kappa shape index (κ2) is 8.08. The fourth-order valence-corrected chi connectivity index (χ4v) is 3.07. The summed E-state index contributed by atoms with van der Waals surface area (Å²) in [6.45, 7) is 3.96. The van der Waals surface area contributed by atoms with Crippen molar-refractivity contribution in [3.63, 3.8) is 0 Å². The first-order chi connectivity index (χ1) is 10.2. The lowest BCUT2D eigenvalue weighted by Gasteiger charge is -2.15. The fourth-order valence-electron chi connectivity index (χ4n) is 2.33. The Morgan fingerprint density at radius 3 is 2.90 bits per heavy atom. The molecular formula is C16H22N2O2S. The lowest BCUT2D eigenvalue weighted by molar-refractivity contribution is -0.121.